The lowest BCUT2D eigenvalue weighted by Gasteiger charge is -2.21. The summed E-state index contributed by atoms with van der Waals surface area (Å²) in [6.07, 6.45) is 0. The topological polar surface area (TPSA) is 46.2 Å². The molecule has 1 aromatic carbocycles. The Morgan fingerprint density at radius 3 is 2.37 bits per heavy atom. The molecule has 19 heavy (non-hydrogen) atoms. The molecule has 1 aromatic rings. The molecule has 3 nitrogen and oxygen atoms in total. The van der Waals surface area contributed by atoms with Crippen LogP contribution in [0.3, 0.4) is 0 Å². The summed E-state index contributed by atoms with van der Waals surface area (Å²) in [4.78, 5) is 0. The van der Waals surface area contributed by atoms with Crippen LogP contribution in [0.25, 0.3) is 0 Å². The van der Waals surface area contributed by atoms with Crippen molar-refractivity contribution in [3.63, 3.8) is 0 Å². The van der Waals surface area contributed by atoms with Gasteiger partial charge in [0.1, 0.15) is 0 Å². The third-order valence-corrected chi connectivity index (χ3v) is 6.46. The summed E-state index contributed by atoms with van der Waals surface area (Å²) in [6.45, 7) is 7.70. The van der Waals surface area contributed by atoms with Crippen LogP contribution >= 0.6 is 15.9 Å². The molecule has 1 N–H and O–H groups in total. The first-order valence-corrected chi connectivity index (χ1v) is 8.80. The number of hydrogen-bond donors (Lipinski definition) is 1. The Bertz CT molecular complexity index is 520. The number of nitrogens with one attached hydrogen (secondary N) is 1. The Hall–Kier alpha value is -0.390. The van der Waals surface area contributed by atoms with E-state index in [0.717, 1.165) is 10.0 Å². The molecular weight excluding hydrogens is 326 g/mol. The van der Waals surface area contributed by atoms with Crippen LogP contribution in [-0.2, 0) is 9.84 Å². The zero-order valence-corrected chi connectivity index (χ0v) is 14.3. The summed E-state index contributed by atoms with van der Waals surface area (Å²) in [5, 5.41) is 3.26. The molecule has 108 valence electrons. The van der Waals surface area contributed by atoms with Gasteiger partial charge >= 0.3 is 0 Å². The zero-order valence-electron chi connectivity index (χ0n) is 11.9. The van der Waals surface area contributed by atoms with Crippen molar-refractivity contribution in [3.05, 3.63) is 34.3 Å². The Morgan fingerprint density at radius 1 is 1.26 bits per heavy atom. The van der Waals surface area contributed by atoms with E-state index in [4.69, 9.17) is 0 Å². The fraction of sp³-hybridized carbons (Fsp3) is 0.571. The Balaban J connectivity index is 2.58. The van der Waals surface area contributed by atoms with Gasteiger partial charge in [-0.3, -0.25) is 0 Å². The maximum atomic E-state index is 12.0. The highest BCUT2D eigenvalue weighted by atomic mass is 79.9. The Labute approximate surface area is 124 Å². The molecule has 0 saturated heterocycles. The maximum Gasteiger partial charge on any atom is 0.156 e. The van der Waals surface area contributed by atoms with Gasteiger partial charge in [-0.1, -0.05) is 34.1 Å². The molecule has 0 aliphatic heterocycles. The normalized spacial score (nSPS) is 14.4. The summed E-state index contributed by atoms with van der Waals surface area (Å²) in [7, 11) is -3.06. The molecule has 0 saturated carbocycles. The van der Waals surface area contributed by atoms with Gasteiger partial charge in [-0.15, -0.1) is 0 Å². The number of benzene rings is 1. The average Bonchev–Trinajstić information content (AvgIpc) is 2.27. The van der Waals surface area contributed by atoms with Crippen LogP contribution in [0.2, 0.25) is 0 Å². The van der Waals surface area contributed by atoms with Crippen LogP contribution in [0.4, 0.5) is 0 Å². The Morgan fingerprint density at radius 2 is 1.84 bits per heavy atom. The lowest BCUT2D eigenvalue weighted by molar-refractivity contribution is 0.546. The van der Waals surface area contributed by atoms with Crippen LogP contribution in [0, 0.1) is 0 Å². The summed E-state index contributed by atoms with van der Waals surface area (Å²) in [5.74, 6) is 0.158. The number of rotatable bonds is 5. The van der Waals surface area contributed by atoms with Crippen molar-refractivity contribution in [1.82, 2.24) is 5.32 Å². The highest BCUT2D eigenvalue weighted by molar-refractivity contribution is 9.10. The quantitative estimate of drug-likeness (QED) is 0.888. The van der Waals surface area contributed by atoms with E-state index in [0.29, 0.717) is 6.54 Å². The minimum atomic E-state index is -3.06. The molecule has 1 rings (SSSR count). The van der Waals surface area contributed by atoms with Crippen molar-refractivity contribution in [2.45, 2.75) is 38.5 Å². The van der Waals surface area contributed by atoms with Crippen molar-refractivity contribution >= 4 is 25.8 Å². The molecular formula is C14H22BrNO2S. The predicted molar refractivity (Wildman–Crippen MR) is 84.1 cm³/mol. The standard InChI is InChI=1S/C14H22BrNO2S/c1-11(12-7-5-6-8-13(12)15)16-9-10-19(17,18)14(2,3)4/h5-8,11,16H,9-10H2,1-4H3/t11-/m1/s1. The van der Waals surface area contributed by atoms with E-state index in [9.17, 15) is 8.42 Å². The molecule has 0 aliphatic rings. The van der Waals surface area contributed by atoms with Gasteiger partial charge in [0.2, 0.25) is 0 Å². The molecule has 0 bridgehead atoms. The van der Waals surface area contributed by atoms with E-state index in [1.807, 2.05) is 31.2 Å². The summed E-state index contributed by atoms with van der Waals surface area (Å²) >= 11 is 3.50. The van der Waals surface area contributed by atoms with E-state index >= 15 is 0 Å². The molecule has 0 radical (unpaired) electrons. The van der Waals surface area contributed by atoms with Crippen LogP contribution in [0.15, 0.2) is 28.7 Å². The van der Waals surface area contributed by atoms with Crippen LogP contribution in [0.1, 0.15) is 39.3 Å². The molecule has 0 fully saturated rings. The van der Waals surface area contributed by atoms with Crippen LogP contribution < -0.4 is 5.32 Å². The van der Waals surface area contributed by atoms with Gasteiger partial charge in [0, 0.05) is 17.1 Å². The molecule has 1 atom stereocenters. The van der Waals surface area contributed by atoms with Crippen molar-refractivity contribution < 1.29 is 8.42 Å². The molecule has 0 amide bonds. The third-order valence-electron chi connectivity index (χ3n) is 3.13. The number of halogens is 1. The highest BCUT2D eigenvalue weighted by Gasteiger charge is 2.28. The zero-order chi connectivity index (χ0) is 14.7. The lowest BCUT2D eigenvalue weighted by Crippen LogP contribution is -2.35. The molecule has 0 aliphatic carbocycles. The highest BCUT2D eigenvalue weighted by Crippen LogP contribution is 2.22. The Kier molecular flexibility index (Phi) is 5.59. The fourth-order valence-corrected chi connectivity index (χ4v) is 3.28. The lowest BCUT2D eigenvalue weighted by atomic mass is 10.1. The smallest absolute Gasteiger partial charge is 0.156 e. The van der Waals surface area contributed by atoms with Crippen molar-refractivity contribution in [3.8, 4) is 0 Å². The monoisotopic (exact) mass is 347 g/mol. The molecule has 0 spiro atoms. The van der Waals surface area contributed by atoms with Gasteiger partial charge in [-0.2, -0.15) is 0 Å². The van der Waals surface area contributed by atoms with E-state index in [1.54, 1.807) is 20.8 Å². The second kappa shape index (κ2) is 6.37. The minimum absolute atomic E-state index is 0.116. The first-order chi connectivity index (χ1) is 8.65. The molecule has 0 unspecified atom stereocenters. The number of sulfone groups is 1. The van der Waals surface area contributed by atoms with Gasteiger partial charge in [0.15, 0.2) is 9.84 Å². The first-order valence-electron chi connectivity index (χ1n) is 6.35. The largest absolute Gasteiger partial charge is 0.309 e. The SMILES string of the molecule is C[C@@H](NCCS(=O)(=O)C(C)(C)C)c1ccccc1Br. The van der Waals surface area contributed by atoms with E-state index in [-0.39, 0.29) is 11.8 Å². The van der Waals surface area contributed by atoms with Gasteiger partial charge < -0.3 is 5.32 Å². The molecule has 0 aromatic heterocycles. The first kappa shape index (κ1) is 16.7. The van der Waals surface area contributed by atoms with Gasteiger partial charge in [0.25, 0.3) is 0 Å². The summed E-state index contributed by atoms with van der Waals surface area (Å²) < 4.78 is 24.3. The third kappa shape index (κ3) is 4.58. The molecule has 0 heterocycles. The second-order valence-corrected chi connectivity index (χ2v) is 9.35. The van der Waals surface area contributed by atoms with Crippen LogP contribution in [0.5, 0.6) is 0 Å². The van der Waals surface area contributed by atoms with Crippen molar-refractivity contribution in [2.24, 2.45) is 0 Å². The van der Waals surface area contributed by atoms with E-state index < -0.39 is 14.6 Å². The predicted octanol–water partition coefficient (Wildman–Crippen LogP) is 3.31. The van der Waals surface area contributed by atoms with E-state index in [1.165, 1.54) is 0 Å². The van der Waals surface area contributed by atoms with Gasteiger partial charge in [-0.05, 0) is 39.3 Å². The summed E-state index contributed by atoms with van der Waals surface area (Å²) in [6, 6.07) is 8.07. The minimum Gasteiger partial charge on any atom is -0.309 e. The van der Waals surface area contributed by atoms with E-state index in [2.05, 4.69) is 21.2 Å². The van der Waals surface area contributed by atoms with Crippen molar-refractivity contribution in [1.29, 1.82) is 0 Å². The van der Waals surface area contributed by atoms with Gasteiger partial charge in [-0.25, -0.2) is 8.42 Å². The summed E-state index contributed by atoms with van der Waals surface area (Å²) in [5.41, 5.74) is 1.13. The maximum absolute atomic E-state index is 12.0. The fourth-order valence-electron chi connectivity index (χ4n) is 1.65. The number of hydrogen-bond acceptors (Lipinski definition) is 3. The van der Waals surface area contributed by atoms with Crippen LogP contribution in [-0.4, -0.2) is 25.5 Å². The average molecular weight is 348 g/mol. The second-order valence-electron chi connectivity index (χ2n) is 5.63. The van der Waals surface area contributed by atoms with Crippen molar-refractivity contribution in [2.75, 3.05) is 12.3 Å². The van der Waals surface area contributed by atoms with Gasteiger partial charge in [0.05, 0.1) is 10.5 Å². The molecule has 5 heteroatoms.